The summed E-state index contributed by atoms with van der Waals surface area (Å²) in [5.74, 6) is -0.905. The molecular formula is C13H10FNO. The molecule has 80 valence electrons. The topological polar surface area (TPSA) is 30.0 Å². The highest BCUT2D eigenvalue weighted by Crippen LogP contribution is 2.12. The third-order valence-corrected chi connectivity index (χ3v) is 2.24. The molecule has 0 unspecified atom stereocenters. The van der Waals surface area contributed by atoms with Gasteiger partial charge in [0.1, 0.15) is 11.5 Å². The van der Waals surface area contributed by atoms with Gasteiger partial charge in [0, 0.05) is 5.69 Å². The smallest absolute Gasteiger partial charge is 0.214 e. The van der Waals surface area contributed by atoms with Gasteiger partial charge in [-0.1, -0.05) is 18.2 Å². The van der Waals surface area contributed by atoms with E-state index in [1.165, 1.54) is 12.1 Å². The number of hydrogen-bond acceptors (Lipinski definition) is 2. The minimum Gasteiger partial charge on any atom is -0.287 e. The summed E-state index contributed by atoms with van der Waals surface area (Å²) < 4.78 is 13.4. The third kappa shape index (κ3) is 1.98. The maximum absolute atomic E-state index is 13.4. The lowest BCUT2D eigenvalue weighted by atomic mass is 10.1. The molecule has 0 saturated heterocycles. The Balaban J connectivity index is 2.44. The molecule has 1 aromatic heterocycles. The molecule has 0 saturated carbocycles. The number of hydrogen-bond donors (Lipinski definition) is 0. The Morgan fingerprint density at radius 2 is 1.88 bits per heavy atom. The number of aromatic nitrogens is 1. The van der Waals surface area contributed by atoms with Crippen LogP contribution in [0.2, 0.25) is 0 Å². The summed E-state index contributed by atoms with van der Waals surface area (Å²) in [7, 11) is 0. The maximum atomic E-state index is 13.4. The van der Waals surface area contributed by atoms with Crippen molar-refractivity contribution in [3.63, 3.8) is 0 Å². The van der Waals surface area contributed by atoms with Gasteiger partial charge in [0.15, 0.2) is 0 Å². The first-order valence-electron chi connectivity index (χ1n) is 4.91. The molecule has 0 radical (unpaired) electrons. The quantitative estimate of drug-likeness (QED) is 0.721. The van der Waals surface area contributed by atoms with Crippen LogP contribution < -0.4 is 0 Å². The van der Waals surface area contributed by atoms with E-state index in [4.69, 9.17) is 0 Å². The predicted molar refractivity (Wildman–Crippen MR) is 58.8 cm³/mol. The van der Waals surface area contributed by atoms with E-state index in [9.17, 15) is 9.18 Å². The van der Waals surface area contributed by atoms with Gasteiger partial charge in [-0.05, 0) is 31.2 Å². The molecule has 2 nitrogen and oxygen atoms in total. The number of rotatable bonds is 2. The Kier molecular flexibility index (Phi) is 2.77. The lowest BCUT2D eigenvalue weighted by Crippen LogP contribution is -2.06. The van der Waals surface area contributed by atoms with E-state index < -0.39 is 5.82 Å². The summed E-state index contributed by atoms with van der Waals surface area (Å²) in [6, 6.07) is 11.0. The molecule has 3 heteroatoms. The summed E-state index contributed by atoms with van der Waals surface area (Å²) in [6.45, 7) is 1.79. The van der Waals surface area contributed by atoms with Gasteiger partial charge in [0.25, 0.3) is 0 Å². The van der Waals surface area contributed by atoms with Crippen LogP contribution in [0.25, 0.3) is 0 Å². The van der Waals surface area contributed by atoms with Crippen LogP contribution in [0.3, 0.4) is 0 Å². The fourth-order valence-corrected chi connectivity index (χ4v) is 1.45. The van der Waals surface area contributed by atoms with Crippen molar-refractivity contribution in [3.05, 3.63) is 65.2 Å². The van der Waals surface area contributed by atoms with Crippen LogP contribution in [0.5, 0.6) is 0 Å². The number of carbonyl (C=O) groups is 1. The number of carbonyl (C=O) groups excluding carboxylic acids is 1. The van der Waals surface area contributed by atoms with Gasteiger partial charge in [0.2, 0.25) is 5.78 Å². The van der Waals surface area contributed by atoms with E-state index in [1.807, 2.05) is 0 Å². The zero-order valence-corrected chi connectivity index (χ0v) is 8.77. The molecular weight excluding hydrogens is 205 g/mol. The highest BCUT2D eigenvalue weighted by molar-refractivity contribution is 6.07. The standard InChI is InChI=1S/C13H10FNO/c1-9-5-4-8-12(15-9)13(16)10-6-2-3-7-11(10)14/h2-8H,1H3. The van der Waals surface area contributed by atoms with Gasteiger partial charge >= 0.3 is 0 Å². The van der Waals surface area contributed by atoms with Gasteiger partial charge in [0.05, 0.1) is 5.56 Å². The Morgan fingerprint density at radius 1 is 1.12 bits per heavy atom. The molecule has 0 N–H and O–H groups in total. The summed E-state index contributed by atoms with van der Waals surface area (Å²) in [4.78, 5) is 16.0. The normalized spacial score (nSPS) is 10.1. The molecule has 1 heterocycles. The second-order valence-corrected chi connectivity index (χ2v) is 3.47. The maximum Gasteiger partial charge on any atom is 0.214 e. The summed E-state index contributed by atoms with van der Waals surface area (Å²) in [5, 5.41) is 0. The van der Waals surface area contributed by atoms with E-state index >= 15 is 0 Å². The summed E-state index contributed by atoms with van der Waals surface area (Å²) in [5.41, 5.74) is 1.06. The Hall–Kier alpha value is -2.03. The van der Waals surface area contributed by atoms with Crippen LogP contribution in [0, 0.1) is 12.7 Å². The summed E-state index contributed by atoms with van der Waals surface area (Å²) >= 11 is 0. The van der Waals surface area contributed by atoms with Crippen LogP contribution >= 0.6 is 0 Å². The van der Waals surface area contributed by atoms with Crippen molar-refractivity contribution in [2.75, 3.05) is 0 Å². The molecule has 0 amide bonds. The second-order valence-electron chi connectivity index (χ2n) is 3.47. The van der Waals surface area contributed by atoms with Crippen molar-refractivity contribution < 1.29 is 9.18 Å². The molecule has 0 fully saturated rings. The van der Waals surface area contributed by atoms with Crippen LogP contribution in [0.1, 0.15) is 21.7 Å². The Bertz CT molecular complexity index is 537. The average molecular weight is 215 g/mol. The number of aryl methyl sites for hydroxylation is 1. The van der Waals surface area contributed by atoms with Gasteiger partial charge in [-0.2, -0.15) is 0 Å². The van der Waals surface area contributed by atoms with Crippen molar-refractivity contribution in [1.82, 2.24) is 4.98 Å². The lowest BCUT2D eigenvalue weighted by molar-refractivity contribution is 0.103. The van der Waals surface area contributed by atoms with E-state index in [2.05, 4.69) is 4.98 Å². The molecule has 0 atom stereocenters. The van der Waals surface area contributed by atoms with E-state index in [0.717, 1.165) is 5.69 Å². The zero-order valence-electron chi connectivity index (χ0n) is 8.77. The molecule has 2 aromatic rings. The molecule has 2 rings (SSSR count). The van der Waals surface area contributed by atoms with E-state index in [1.54, 1.807) is 37.3 Å². The zero-order chi connectivity index (χ0) is 11.5. The second kappa shape index (κ2) is 4.23. The van der Waals surface area contributed by atoms with Crippen molar-refractivity contribution in [1.29, 1.82) is 0 Å². The van der Waals surface area contributed by atoms with Gasteiger partial charge in [-0.25, -0.2) is 9.37 Å². The Morgan fingerprint density at radius 3 is 2.56 bits per heavy atom. The summed E-state index contributed by atoms with van der Waals surface area (Å²) in [6.07, 6.45) is 0. The molecule has 16 heavy (non-hydrogen) atoms. The first kappa shape index (κ1) is 10.5. The fourth-order valence-electron chi connectivity index (χ4n) is 1.45. The first-order valence-corrected chi connectivity index (χ1v) is 4.91. The largest absolute Gasteiger partial charge is 0.287 e. The number of pyridine rings is 1. The van der Waals surface area contributed by atoms with Crippen molar-refractivity contribution in [2.24, 2.45) is 0 Å². The highest BCUT2D eigenvalue weighted by Gasteiger charge is 2.14. The molecule has 0 aliphatic carbocycles. The molecule has 0 aliphatic rings. The van der Waals surface area contributed by atoms with Crippen LogP contribution in [-0.2, 0) is 0 Å². The molecule has 1 aromatic carbocycles. The average Bonchev–Trinajstić information content (AvgIpc) is 2.29. The first-order chi connectivity index (χ1) is 7.68. The minimum atomic E-state index is -0.518. The monoisotopic (exact) mass is 215 g/mol. The van der Waals surface area contributed by atoms with Gasteiger partial charge in [-0.3, -0.25) is 4.79 Å². The van der Waals surface area contributed by atoms with Crippen LogP contribution in [-0.4, -0.2) is 10.8 Å². The lowest BCUT2D eigenvalue weighted by Gasteiger charge is -2.02. The van der Waals surface area contributed by atoms with Crippen molar-refractivity contribution in [3.8, 4) is 0 Å². The third-order valence-electron chi connectivity index (χ3n) is 2.24. The van der Waals surface area contributed by atoms with E-state index in [-0.39, 0.29) is 17.0 Å². The van der Waals surface area contributed by atoms with Crippen molar-refractivity contribution in [2.45, 2.75) is 6.92 Å². The van der Waals surface area contributed by atoms with E-state index in [0.29, 0.717) is 0 Å². The predicted octanol–water partition coefficient (Wildman–Crippen LogP) is 2.76. The fraction of sp³-hybridized carbons (Fsp3) is 0.0769. The van der Waals surface area contributed by atoms with Crippen LogP contribution in [0.4, 0.5) is 4.39 Å². The minimum absolute atomic E-state index is 0.0561. The number of halogens is 1. The SMILES string of the molecule is Cc1cccc(C(=O)c2ccccc2F)n1. The van der Waals surface area contributed by atoms with Crippen molar-refractivity contribution >= 4 is 5.78 Å². The number of benzene rings is 1. The van der Waals surface area contributed by atoms with Gasteiger partial charge < -0.3 is 0 Å². The molecule has 0 bridgehead atoms. The van der Waals surface area contributed by atoms with Crippen LogP contribution in [0.15, 0.2) is 42.5 Å². The van der Waals surface area contributed by atoms with Gasteiger partial charge in [-0.15, -0.1) is 0 Å². The molecule has 0 spiro atoms. The number of nitrogens with zero attached hydrogens (tertiary/aromatic N) is 1. The molecule has 0 aliphatic heterocycles. The highest BCUT2D eigenvalue weighted by atomic mass is 19.1. The number of ketones is 1. The Labute approximate surface area is 92.8 Å².